The number of nitrogens with one attached hydrogen (secondary N) is 2. The number of nitrogens with zero attached hydrogens (tertiary/aromatic N) is 3. The van der Waals surface area contributed by atoms with E-state index in [9.17, 15) is 18.0 Å². The van der Waals surface area contributed by atoms with Crippen LogP contribution in [0.25, 0.3) is 0 Å². The number of rotatable bonds is 2. The van der Waals surface area contributed by atoms with Gasteiger partial charge in [0.15, 0.2) is 0 Å². The van der Waals surface area contributed by atoms with E-state index in [2.05, 4.69) is 19.9 Å². The molecule has 1 unspecified atom stereocenters. The van der Waals surface area contributed by atoms with Gasteiger partial charge in [-0.25, -0.2) is 9.97 Å². The molecule has 3 heterocycles. The van der Waals surface area contributed by atoms with Crippen molar-refractivity contribution < 1.29 is 18.0 Å². The van der Waals surface area contributed by atoms with E-state index in [1.165, 1.54) is 6.20 Å². The molecule has 1 atom stereocenters. The fourth-order valence-electron chi connectivity index (χ4n) is 2.77. The first-order valence-electron chi connectivity index (χ1n) is 7.27. The minimum Gasteiger partial charge on any atom is -0.338 e. The third kappa shape index (κ3) is 3.22. The summed E-state index contributed by atoms with van der Waals surface area (Å²) >= 11 is 0. The first kappa shape index (κ1) is 15.6. The number of hydrogen-bond donors (Lipinski definition) is 2. The number of aromatic nitrogens is 4. The molecule has 1 saturated heterocycles. The van der Waals surface area contributed by atoms with Crippen LogP contribution in [-0.2, 0) is 6.18 Å². The molecule has 0 radical (unpaired) electrons. The molecule has 1 aliphatic rings. The van der Waals surface area contributed by atoms with Gasteiger partial charge in [-0.2, -0.15) is 13.2 Å². The lowest BCUT2D eigenvalue weighted by atomic mass is 9.97. The van der Waals surface area contributed by atoms with Crippen molar-refractivity contribution in [3.05, 3.63) is 35.4 Å². The molecule has 1 aliphatic heterocycles. The maximum Gasteiger partial charge on any atom is 0.432 e. The van der Waals surface area contributed by atoms with Crippen LogP contribution in [0.4, 0.5) is 13.2 Å². The van der Waals surface area contributed by atoms with Gasteiger partial charge in [0, 0.05) is 19.0 Å². The Balaban J connectivity index is 1.73. The summed E-state index contributed by atoms with van der Waals surface area (Å²) in [6.45, 7) is 2.65. The minimum absolute atomic E-state index is 0.196. The predicted octanol–water partition coefficient (Wildman–Crippen LogP) is 2.48. The molecule has 0 spiro atoms. The van der Waals surface area contributed by atoms with Gasteiger partial charge in [-0.05, 0) is 19.8 Å². The molecular formula is C14H16F3N5O. The van der Waals surface area contributed by atoms with Crippen molar-refractivity contribution in [3.8, 4) is 0 Å². The maximum atomic E-state index is 12.7. The normalized spacial score (nSPS) is 19.1. The largest absolute Gasteiger partial charge is 0.432 e. The van der Waals surface area contributed by atoms with Gasteiger partial charge in [0.05, 0.1) is 12.4 Å². The zero-order valence-corrected chi connectivity index (χ0v) is 12.4. The average molecular weight is 327 g/mol. The first-order chi connectivity index (χ1) is 10.8. The Morgan fingerprint density at radius 1 is 1.30 bits per heavy atom. The molecule has 0 bridgehead atoms. The van der Waals surface area contributed by atoms with Crippen molar-refractivity contribution in [1.29, 1.82) is 0 Å². The number of alkyl halides is 3. The van der Waals surface area contributed by atoms with Crippen molar-refractivity contribution in [2.45, 2.75) is 31.9 Å². The minimum atomic E-state index is -4.44. The van der Waals surface area contributed by atoms with Gasteiger partial charge >= 0.3 is 6.18 Å². The van der Waals surface area contributed by atoms with Crippen molar-refractivity contribution in [3.63, 3.8) is 0 Å². The lowest BCUT2D eigenvalue weighted by Gasteiger charge is -2.31. The molecule has 2 N–H and O–H groups in total. The van der Waals surface area contributed by atoms with E-state index in [0.717, 1.165) is 6.20 Å². The summed E-state index contributed by atoms with van der Waals surface area (Å²) in [4.78, 5) is 27.1. The molecular weight excluding hydrogens is 311 g/mol. The van der Waals surface area contributed by atoms with Crippen LogP contribution < -0.4 is 0 Å². The van der Waals surface area contributed by atoms with E-state index < -0.39 is 11.9 Å². The number of aryl methyl sites for hydroxylation is 1. The monoisotopic (exact) mass is 327 g/mol. The van der Waals surface area contributed by atoms with Gasteiger partial charge in [-0.15, -0.1) is 0 Å². The van der Waals surface area contributed by atoms with Gasteiger partial charge in [-0.1, -0.05) is 0 Å². The van der Waals surface area contributed by atoms with Gasteiger partial charge in [0.1, 0.15) is 23.0 Å². The number of halogens is 3. The second-order valence-corrected chi connectivity index (χ2v) is 5.65. The summed E-state index contributed by atoms with van der Waals surface area (Å²) in [5.41, 5.74) is -0.473. The van der Waals surface area contributed by atoms with Crippen LogP contribution in [0.1, 0.15) is 46.6 Å². The Bertz CT molecular complexity index is 705. The molecule has 0 aliphatic carbocycles. The number of aromatic amines is 2. The molecule has 6 nitrogen and oxygen atoms in total. The van der Waals surface area contributed by atoms with Gasteiger partial charge in [0.2, 0.25) is 0 Å². The number of imidazole rings is 2. The van der Waals surface area contributed by atoms with E-state index in [1.54, 1.807) is 11.8 Å². The summed E-state index contributed by atoms with van der Waals surface area (Å²) in [5, 5.41) is 0. The van der Waals surface area contributed by atoms with Crippen molar-refractivity contribution >= 4 is 5.91 Å². The van der Waals surface area contributed by atoms with Gasteiger partial charge in [0.25, 0.3) is 5.91 Å². The molecule has 1 fully saturated rings. The third-order valence-corrected chi connectivity index (χ3v) is 3.93. The molecule has 124 valence electrons. The number of hydrogen-bond acceptors (Lipinski definition) is 3. The topological polar surface area (TPSA) is 77.7 Å². The van der Waals surface area contributed by atoms with Gasteiger partial charge < -0.3 is 14.9 Å². The zero-order valence-electron chi connectivity index (χ0n) is 12.4. The van der Waals surface area contributed by atoms with Crippen molar-refractivity contribution in [2.24, 2.45) is 0 Å². The third-order valence-electron chi connectivity index (χ3n) is 3.93. The summed E-state index contributed by atoms with van der Waals surface area (Å²) in [6.07, 6.45) is -0.769. The van der Waals surface area contributed by atoms with E-state index in [4.69, 9.17) is 0 Å². The van der Waals surface area contributed by atoms with E-state index in [1.807, 2.05) is 0 Å². The highest BCUT2D eigenvalue weighted by Crippen LogP contribution is 2.31. The first-order valence-corrected chi connectivity index (χ1v) is 7.27. The fourth-order valence-corrected chi connectivity index (χ4v) is 2.77. The average Bonchev–Trinajstić information content (AvgIpc) is 3.15. The van der Waals surface area contributed by atoms with Crippen LogP contribution in [0.15, 0.2) is 12.4 Å². The Labute approximate surface area is 130 Å². The quantitative estimate of drug-likeness (QED) is 0.889. The summed E-state index contributed by atoms with van der Waals surface area (Å²) in [7, 11) is 0. The Hall–Kier alpha value is -2.32. The highest BCUT2D eigenvalue weighted by molar-refractivity contribution is 5.92. The summed E-state index contributed by atoms with van der Waals surface area (Å²) in [5.74, 6) is 0.490. The molecule has 2 aromatic rings. The molecule has 3 rings (SSSR count). The Kier molecular flexibility index (Phi) is 3.87. The summed E-state index contributed by atoms with van der Waals surface area (Å²) < 4.78 is 38.0. The zero-order chi connectivity index (χ0) is 16.6. The number of H-pyrrole nitrogens is 2. The fraction of sp³-hybridized carbons (Fsp3) is 0.500. The molecule has 9 heteroatoms. The highest BCUT2D eigenvalue weighted by Gasteiger charge is 2.35. The maximum absolute atomic E-state index is 12.7. The molecule has 1 amide bonds. The van der Waals surface area contributed by atoms with Crippen LogP contribution in [0.3, 0.4) is 0 Å². The molecule has 2 aromatic heterocycles. The van der Waals surface area contributed by atoms with E-state index >= 15 is 0 Å². The summed E-state index contributed by atoms with van der Waals surface area (Å²) in [6, 6.07) is 0. The van der Waals surface area contributed by atoms with Crippen LogP contribution >= 0.6 is 0 Å². The number of carbonyl (C=O) groups is 1. The number of likely N-dealkylation sites (tertiary alicyclic amines) is 1. The van der Waals surface area contributed by atoms with Gasteiger partial charge in [-0.3, -0.25) is 4.79 Å². The molecule has 0 saturated carbocycles. The van der Waals surface area contributed by atoms with E-state index in [-0.39, 0.29) is 17.6 Å². The Morgan fingerprint density at radius 2 is 2.09 bits per heavy atom. The van der Waals surface area contributed by atoms with Crippen LogP contribution in [0.2, 0.25) is 0 Å². The predicted molar refractivity (Wildman–Crippen MR) is 74.8 cm³/mol. The molecule has 0 aromatic carbocycles. The van der Waals surface area contributed by atoms with Crippen molar-refractivity contribution in [1.82, 2.24) is 24.8 Å². The lowest BCUT2D eigenvalue weighted by Crippen LogP contribution is -2.39. The lowest BCUT2D eigenvalue weighted by molar-refractivity contribution is -0.141. The van der Waals surface area contributed by atoms with Crippen molar-refractivity contribution in [2.75, 3.05) is 13.1 Å². The standard InChI is InChI=1S/C14H16F3N5O/c1-8-18-5-10(20-8)13(23)22-4-2-3-9(7-22)12-19-6-11(21-12)14(15,16)17/h5-6,9H,2-4,7H2,1H3,(H,18,20)(H,19,21). The van der Waals surface area contributed by atoms with Crippen LogP contribution in [0.5, 0.6) is 0 Å². The van der Waals surface area contributed by atoms with Crippen LogP contribution in [-0.4, -0.2) is 43.8 Å². The number of amides is 1. The second kappa shape index (κ2) is 5.71. The van der Waals surface area contributed by atoms with Crippen LogP contribution in [0, 0.1) is 6.92 Å². The number of carbonyl (C=O) groups excluding carboxylic acids is 1. The smallest absolute Gasteiger partial charge is 0.338 e. The highest BCUT2D eigenvalue weighted by atomic mass is 19.4. The molecule has 23 heavy (non-hydrogen) atoms. The number of piperidine rings is 1. The van der Waals surface area contributed by atoms with E-state index in [0.29, 0.717) is 37.4 Å². The SMILES string of the molecule is Cc1ncc(C(=O)N2CCCC(c3ncc(C(F)(F)F)[nH]3)C2)[nH]1. The second-order valence-electron chi connectivity index (χ2n) is 5.65. The Morgan fingerprint density at radius 3 is 2.70 bits per heavy atom.